The van der Waals surface area contributed by atoms with Gasteiger partial charge in [0.05, 0.1) is 19.2 Å². The fraction of sp³-hybridized carbons (Fsp3) is 0.630. The molecule has 11 heteroatoms. The van der Waals surface area contributed by atoms with Gasteiger partial charge in [0, 0.05) is 30.0 Å². The zero-order chi connectivity index (χ0) is 27.2. The van der Waals surface area contributed by atoms with Crippen molar-refractivity contribution in [2.75, 3.05) is 26.4 Å². The van der Waals surface area contributed by atoms with Gasteiger partial charge in [0.15, 0.2) is 6.67 Å². The highest BCUT2D eigenvalue weighted by atomic mass is 19.1. The van der Waals surface area contributed by atoms with Crippen LogP contribution in [0.1, 0.15) is 58.1 Å². The smallest absolute Gasteiger partial charge is 0.408 e. The number of hydrogen-bond acceptors (Lipinski definition) is 6. The Balaban J connectivity index is 1.39. The third kappa shape index (κ3) is 4.90. The molecule has 3 fully saturated rings. The van der Waals surface area contributed by atoms with E-state index in [0.29, 0.717) is 32.3 Å². The predicted octanol–water partition coefficient (Wildman–Crippen LogP) is 2.08. The van der Waals surface area contributed by atoms with Crippen LogP contribution < -0.4 is 15.4 Å². The molecule has 1 saturated carbocycles. The number of para-hydroxylation sites is 1. The second kappa shape index (κ2) is 9.74. The van der Waals surface area contributed by atoms with Crippen LogP contribution in [0.25, 0.3) is 0 Å². The Morgan fingerprint density at radius 2 is 1.89 bits per heavy atom. The zero-order valence-corrected chi connectivity index (χ0v) is 22.0. The van der Waals surface area contributed by atoms with Crippen LogP contribution in [0.3, 0.4) is 0 Å². The Bertz CT molecular complexity index is 1140. The second-order valence-corrected chi connectivity index (χ2v) is 11.6. The summed E-state index contributed by atoms with van der Waals surface area (Å²) < 4.78 is 24.4. The SMILES string of the molecule is CC(C)(C)OC(=O)N[C@H]1CN(C(=O)CF)CC2CC23CC[C@@H](C(=O)N[C@@H]2CCOc4ccccc42)N3C1=O. The Morgan fingerprint density at radius 1 is 1.13 bits per heavy atom. The molecule has 4 amide bonds. The van der Waals surface area contributed by atoms with Crippen molar-refractivity contribution in [3.8, 4) is 5.75 Å². The van der Waals surface area contributed by atoms with E-state index in [9.17, 15) is 23.6 Å². The fourth-order valence-corrected chi connectivity index (χ4v) is 6.18. The first-order valence-electron chi connectivity index (χ1n) is 13.2. The standard InChI is InChI=1S/C27H35FN4O6/c1-26(2,3)38-25(36)30-19-15-31(22(33)13-28)14-16-12-27(16)10-8-20(32(27)24(19)35)23(34)29-18-9-11-37-21-7-5-4-6-17(18)21/h4-7,16,18-20H,8-15H2,1-3H3,(H,29,34)(H,30,36)/t16?,18-,19+,20+,27?/m1/s1. The molecule has 3 aliphatic heterocycles. The minimum atomic E-state index is -1.19. The van der Waals surface area contributed by atoms with Crippen LogP contribution in [0, 0.1) is 5.92 Å². The molecule has 2 saturated heterocycles. The molecule has 1 aromatic carbocycles. The van der Waals surface area contributed by atoms with Crippen LogP contribution in [-0.4, -0.2) is 83.2 Å². The molecule has 0 aromatic heterocycles. The van der Waals surface area contributed by atoms with E-state index in [1.54, 1.807) is 25.7 Å². The van der Waals surface area contributed by atoms with Gasteiger partial charge in [-0.2, -0.15) is 0 Å². The molecule has 38 heavy (non-hydrogen) atoms. The Hall–Kier alpha value is -3.37. The number of carbonyl (C=O) groups is 4. The molecule has 5 rings (SSSR count). The van der Waals surface area contributed by atoms with E-state index in [1.807, 2.05) is 24.3 Å². The minimum Gasteiger partial charge on any atom is -0.493 e. The van der Waals surface area contributed by atoms with Crippen LogP contribution >= 0.6 is 0 Å². The Labute approximate surface area is 221 Å². The van der Waals surface area contributed by atoms with Crippen LogP contribution in [0.5, 0.6) is 5.75 Å². The first kappa shape index (κ1) is 26.2. The molecule has 0 bridgehead atoms. The van der Waals surface area contributed by atoms with Gasteiger partial charge in [-0.05, 0) is 46.1 Å². The largest absolute Gasteiger partial charge is 0.493 e. The summed E-state index contributed by atoms with van der Waals surface area (Å²) in [6.07, 6.45) is 1.49. The van der Waals surface area contributed by atoms with Gasteiger partial charge < -0.3 is 29.9 Å². The molecule has 10 nitrogen and oxygen atoms in total. The highest BCUT2D eigenvalue weighted by molar-refractivity contribution is 5.94. The Morgan fingerprint density at radius 3 is 2.63 bits per heavy atom. The van der Waals surface area contributed by atoms with Crippen molar-refractivity contribution in [3.63, 3.8) is 0 Å². The Kier molecular flexibility index (Phi) is 6.73. The lowest BCUT2D eigenvalue weighted by atomic mass is 10.00. The highest BCUT2D eigenvalue weighted by Gasteiger charge is 2.67. The molecular weight excluding hydrogens is 495 g/mol. The topological polar surface area (TPSA) is 117 Å². The van der Waals surface area contributed by atoms with Crippen molar-refractivity contribution < 1.29 is 33.0 Å². The first-order chi connectivity index (χ1) is 18.0. The average molecular weight is 531 g/mol. The van der Waals surface area contributed by atoms with Gasteiger partial charge in [0.1, 0.15) is 23.4 Å². The number of carbonyl (C=O) groups excluding carboxylic acids is 4. The van der Waals surface area contributed by atoms with E-state index in [2.05, 4.69) is 10.6 Å². The summed E-state index contributed by atoms with van der Waals surface area (Å²) in [5.41, 5.74) is -0.495. The number of halogens is 1. The number of ether oxygens (including phenoxy) is 2. The van der Waals surface area contributed by atoms with Gasteiger partial charge in [-0.3, -0.25) is 14.4 Å². The first-order valence-corrected chi connectivity index (χ1v) is 13.2. The molecule has 5 atom stereocenters. The second-order valence-electron chi connectivity index (χ2n) is 11.6. The van der Waals surface area contributed by atoms with E-state index in [4.69, 9.17) is 9.47 Å². The number of rotatable bonds is 4. The minimum absolute atomic E-state index is 0.0500. The van der Waals surface area contributed by atoms with Crippen LogP contribution in [0.2, 0.25) is 0 Å². The van der Waals surface area contributed by atoms with E-state index in [-0.39, 0.29) is 31.0 Å². The quantitative estimate of drug-likeness (QED) is 0.616. The predicted molar refractivity (Wildman–Crippen MR) is 134 cm³/mol. The van der Waals surface area contributed by atoms with E-state index >= 15 is 0 Å². The number of alkyl halides is 1. The molecule has 1 spiro atoms. The molecule has 206 valence electrons. The zero-order valence-electron chi connectivity index (χ0n) is 22.0. The van der Waals surface area contributed by atoms with Gasteiger partial charge >= 0.3 is 6.09 Å². The highest BCUT2D eigenvalue weighted by Crippen LogP contribution is 2.58. The number of fused-ring (bicyclic) bond motifs is 1. The summed E-state index contributed by atoms with van der Waals surface area (Å²) in [5, 5.41) is 5.71. The summed E-state index contributed by atoms with van der Waals surface area (Å²) in [4.78, 5) is 55.6. The molecule has 4 aliphatic rings. The number of nitrogens with zero attached hydrogens (tertiary/aromatic N) is 2. The summed E-state index contributed by atoms with van der Waals surface area (Å²) in [6, 6.07) is 5.44. The number of alkyl carbamates (subject to hydrolysis) is 1. The maximum Gasteiger partial charge on any atom is 0.408 e. The van der Waals surface area contributed by atoms with Crippen LogP contribution in [0.4, 0.5) is 9.18 Å². The molecule has 3 heterocycles. The van der Waals surface area contributed by atoms with E-state index < -0.39 is 47.8 Å². The van der Waals surface area contributed by atoms with Gasteiger partial charge in [-0.15, -0.1) is 0 Å². The number of benzene rings is 1. The lowest BCUT2D eigenvalue weighted by Crippen LogP contribution is -2.62. The average Bonchev–Trinajstić information content (AvgIpc) is 3.39. The number of nitrogens with one attached hydrogen (secondary N) is 2. The summed E-state index contributed by atoms with van der Waals surface area (Å²) in [6.45, 7) is 4.46. The van der Waals surface area contributed by atoms with Crippen LogP contribution in [-0.2, 0) is 19.1 Å². The van der Waals surface area contributed by atoms with Gasteiger partial charge in [0.2, 0.25) is 11.8 Å². The third-order valence-corrected chi connectivity index (χ3v) is 7.96. The van der Waals surface area contributed by atoms with E-state index in [0.717, 1.165) is 11.3 Å². The van der Waals surface area contributed by atoms with Gasteiger partial charge in [-0.1, -0.05) is 18.2 Å². The maximum atomic E-state index is 14.0. The molecular formula is C27H35FN4O6. The lowest BCUT2D eigenvalue weighted by Gasteiger charge is -2.39. The summed E-state index contributed by atoms with van der Waals surface area (Å²) in [5.74, 6) is -0.757. The van der Waals surface area contributed by atoms with Crippen molar-refractivity contribution >= 4 is 23.8 Å². The van der Waals surface area contributed by atoms with Crippen molar-refractivity contribution in [1.29, 1.82) is 0 Å². The van der Waals surface area contributed by atoms with Crippen molar-refractivity contribution in [1.82, 2.24) is 20.4 Å². The van der Waals surface area contributed by atoms with Crippen LogP contribution in [0.15, 0.2) is 24.3 Å². The molecule has 0 radical (unpaired) electrons. The van der Waals surface area contributed by atoms with Crippen molar-refractivity contribution in [2.45, 2.75) is 75.7 Å². The summed E-state index contributed by atoms with van der Waals surface area (Å²) in [7, 11) is 0. The maximum absolute atomic E-state index is 14.0. The monoisotopic (exact) mass is 530 g/mol. The number of amides is 4. The third-order valence-electron chi connectivity index (χ3n) is 7.96. The van der Waals surface area contributed by atoms with Gasteiger partial charge in [-0.25, -0.2) is 9.18 Å². The number of hydrogen-bond donors (Lipinski definition) is 2. The van der Waals surface area contributed by atoms with Gasteiger partial charge in [0.25, 0.3) is 5.91 Å². The van der Waals surface area contributed by atoms with Crippen molar-refractivity contribution in [3.05, 3.63) is 29.8 Å². The molecule has 1 aliphatic carbocycles. The fourth-order valence-electron chi connectivity index (χ4n) is 6.18. The van der Waals surface area contributed by atoms with E-state index in [1.165, 1.54) is 4.90 Å². The molecule has 2 unspecified atom stereocenters. The molecule has 2 N–H and O–H groups in total. The lowest BCUT2D eigenvalue weighted by molar-refractivity contribution is -0.146. The normalized spacial score (nSPS) is 30.1. The van der Waals surface area contributed by atoms with Crippen molar-refractivity contribution in [2.24, 2.45) is 5.92 Å². The summed E-state index contributed by atoms with van der Waals surface area (Å²) >= 11 is 0. The molecule has 1 aromatic rings.